The Morgan fingerprint density at radius 3 is 2.61 bits per heavy atom. The fourth-order valence-electron chi connectivity index (χ4n) is 2.67. The average molecular weight is 490 g/mol. The Morgan fingerprint density at radius 2 is 1.97 bits per heavy atom. The van der Waals surface area contributed by atoms with Crippen molar-refractivity contribution in [2.45, 2.75) is 0 Å². The molecule has 3 rings (SSSR count). The third kappa shape index (κ3) is 4.75. The van der Waals surface area contributed by atoms with E-state index in [1.165, 1.54) is 42.5 Å². The van der Waals surface area contributed by atoms with E-state index in [4.69, 9.17) is 9.84 Å². The summed E-state index contributed by atoms with van der Waals surface area (Å²) in [6.45, 7) is -0.555. The number of hydrogen-bond acceptors (Lipinski definition) is 7. The van der Waals surface area contributed by atoms with Crippen molar-refractivity contribution in [3.63, 3.8) is 0 Å². The van der Waals surface area contributed by atoms with E-state index in [1.807, 2.05) is 5.32 Å². The van der Waals surface area contributed by atoms with E-state index < -0.39 is 35.3 Å². The van der Waals surface area contributed by atoms with Crippen molar-refractivity contribution in [3.05, 3.63) is 68.2 Å². The van der Waals surface area contributed by atoms with Crippen LogP contribution in [-0.2, 0) is 14.4 Å². The zero-order valence-corrected chi connectivity index (χ0v) is 17.0. The molecule has 2 aromatic rings. The molecule has 1 heterocycles. The fraction of sp³-hybridized carbons (Fsp3) is 0.0526. The molecule has 11 nitrogen and oxygen atoms in total. The lowest BCUT2D eigenvalue weighted by Gasteiger charge is -2.26. The maximum absolute atomic E-state index is 12.9. The number of hydrogen-bond donors (Lipinski definition) is 2. The Morgan fingerprint density at radius 1 is 1.23 bits per heavy atom. The van der Waals surface area contributed by atoms with Gasteiger partial charge in [-0.25, -0.2) is 14.5 Å². The summed E-state index contributed by atoms with van der Waals surface area (Å²) in [6.07, 6.45) is 1.22. The summed E-state index contributed by atoms with van der Waals surface area (Å²) in [7, 11) is 0. The number of rotatable bonds is 6. The molecule has 158 valence electrons. The molecule has 0 aromatic heterocycles. The molecule has 0 aliphatic carbocycles. The van der Waals surface area contributed by atoms with Crippen LogP contribution in [0.4, 0.5) is 16.2 Å². The summed E-state index contributed by atoms with van der Waals surface area (Å²) in [5.41, 5.74) is -0.409. The van der Waals surface area contributed by atoms with Gasteiger partial charge in [-0.05, 0) is 45.8 Å². The van der Waals surface area contributed by atoms with E-state index in [-0.39, 0.29) is 22.7 Å². The molecular weight excluding hydrogens is 478 g/mol. The van der Waals surface area contributed by atoms with Gasteiger partial charge in [0.2, 0.25) is 0 Å². The second kappa shape index (κ2) is 8.75. The van der Waals surface area contributed by atoms with E-state index in [2.05, 4.69) is 15.9 Å². The number of anilines is 1. The second-order valence-electron chi connectivity index (χ2n) is 6.11. The van der Waals surface area contributed by atoms with Crippen LogP contribution in [0.5, 0.6) is 5.75 Å². The standard InChI is InChI=1S/C19H12BrN3O8/c20-14-7-10(4-5-15(14)31-9-16(24)25)6-13-17(26)21-19(28)22(18(13)27)11-2-1-3-12(8-11)23(29)30/h1-8H,9H2,(H,24,25)(H,21,26,28)/b13-6+. The number of amides is 4. The molecule has 2 N–H and O–H groups in total. The van der Waals surface area contributed by atoms with Gasteiger partial charge >= 0.3 is 12.0 Å². The monoisotopic (exact) mass is 489 g/mol. The molecule has 4 amide bonds. The van der Waals surface area contributed by atoms with Gasteiger partial charge in [-0.2, -0.15) is 0 Å². The molecule has 0 spiro atoms. The minimum atomic E-state index is -1.16. The largest absolute Gasteiger partial charge is 0.481 e. The Labute approximate surface area is 182 Å². The number of halogens is 1. The van der Waals surface area contributed by atoms with Gasteiger partial charge in [-0.1, -0.05) is 12.1 Å². The second-order valence-corrected chi connectivity index (χ2v) is 6.96. The SMILES string of the molecule is O=C(O)COc1ccc(/C=C2\C(=O)NC(=O)N(c3cccc([N+](=O)[O-])c3)C2=O)cc1Br. The van der Waals surface area contributed by atoms with Crippen LogP contribution in [0, 0.1) is 10.1 Å². The molecule has 31 heavy (non-hydrogen) atoms. The number of carboxylic acid groups (broad SMARTS) is 1. The van der Waals surface area contributed by atoms with Crippen molar-refractivity contribution in [2.75, 3.05) is 11.5 Å². The van der Waals surface area contributed by atoms with Gasteiger partial charge < -0.3 is 9.84 Å². The Hall–Kier alpha value is -4.06. The zero-order chi connectivity index (χ0) is 22.7. The number of urea groups is 1. The molecule has 1 aliphatic heterocycles. The molecule has 0 saturated carbocycles. The van der Waals surface area contributed by atoms with Crippen LogP contribution in [-0.4, -0.2) is 40.5 Å². The predicted molar refractivity (Wildman–Crippen MR) is 109 cm³/mol. The van der Waals surface area contributed by atoms with Gasteiger partial charge in [0.05, 0.1) is 15.1 Å². The number of benzene rings is 2. The summed E-state index contributed by atoms with van der Waals surface area (Å²) in [5.74, 6) is -2.82. The van der Waals surface area contributed by atoms with Gasteiger partial charge in [0.15, 0.2) is 6.61 Å². The maximum atomic E-state index is 12.9. The Kier molecular flexibility index (Phi) is 6.11. The zero-order valence-electron chi connectivity index (χ0n) is 15.4. The first kappa shape index (κ1) is 21.6. The van der Waals surface area contributed by atoms with Gasteiger partial charge in [0.25, 0.3) is 17.5 Å². The third-order valence-corrected chi connectivity index (χ3v) is 4.64. The smallest absolute Gasteiger partial charge is 0.341 e. The first-order chi connectivity index (χ1) is 14.7. The molecule has 0 unspecified atom stereocenters. The van der Waals surface area contributed by atoms with E-state index in [0.717, 1.165) is 6.07 Å². The highest BCUT2D eigenvalue weighted by atomic mass is 79.9. The van der Waals surface area contributed by atoms with Crippen LogP contribution in [0.25, 0.3) is 6.08 Å². The first-order valence-corrected chi connectivity index (χ1v) is 9.26. The molecule has 12 heteroatoms. The number of imide groups is 2. The van der Waals surface area contributed by atoms with Crippen LogP contribution < -0.4 is 15.0 Å². The predicted octanol–water partition coefficient (Wildman–Crippen LogP) is 2.49. The summed E-state index contributed by atoms with van der Waals surface area (Å²) < 4.78 is 5.46. The molecule has 1 fully saturated rings. The van der Waals surface area contributed by atoms with Crippen molar-refractivity contribution < 1.29 is 33.9 Å². The highest BCUT2D eigenvalue weighted by molar-refractivity contribution is 9.10. The summed E-state index contributed by atoms with van der Waals surface area (Å²) >= 11 is 3.21. The number of nitro groups is 1. The quantitative estimate of drug-likeness (QED) is 0.271. The minimum Gasteiger partial charge on any atom is -0.481 e. The average Bonchev–Trinajstić information content (AvgIpc) is 2.70. The highest BCUT2D eigenvalue weighted by Crippen LogP contribution is 2.29. The van der Waals surface area contributed by atoms with Crippen LogP contribution in [0.1, 0.15) is 5.56 Å². The number of non-ortho nitro benzene ring substituents is 1. The molecule has 0 radical (unpaired) electrons. The Balaban J connectivity index is 1.94. The first-order valence-electron chi connectivity index (χ1n) is 8.47. The third-order valence-electron chi connectivity index (χ3n) is 4.02. The van der Waals surface area contributed by atoms with Gasteiger partial charge in [-0.3, -0.25) is 25.0 Å². The number of ether oxygens (including phenoxy) is 1. The molecule has 1 saturated heterocycles. The minimum absolute atomic E-state index is 0.0753. The van der Waals surface area contributed by atoms with E-state index >= 15 is 0 Å². The number of carbonyl (C=O) groups excluding carboxylic acids is 3. The van der Waals surface area contributed by atoms with Gasteiger partial charge in [0.1, 0.15) is 11.3 Å². The molecule has 2 aromatic carbocycles. The highest BCUT2D eigenvalue weighted by Gasteiger charge is 2.37. The number of nitro benzene ring substituents is 1. The van der Waals surface area contributed by atoms with Crippen molar-refractivity contribution in [3.8, 4) is 5.75 Å². The number of barbiturate groups is 1. The summed E-state index contributed by atoms with van der Waals surface area (Å²) in [4.78, 5) is 58.9. The van der Waals surface area contributed by atoms with E-state index in [9.17, 15) is 29.3 Å². The lowest BCUT2D eigenvalue weighted by molar-refractivity contribution is -0.384. The van der Waals surface area contributed by atoms with Crippen LogP contribution in [0.3, 0.4) is 0 Å². The molecular formula is C19H12BrN3O8. The van der Waals surface area contributed by atoms with E-state index in [1.54, 1.807) is 0 Å². The molecule has 1 aliphatic rings. The lowest BCUT2D eigenvalue weighted by Crippen LogP contribution is -2.54. The van der Waals surface area contributed by atoms with Crippen molar-refractivity contribution >= 4 is 57.2 Å². The number of nitrogens with one attached hydrogen (secondary N) is 1. The van der Waals surface area contributed by atoms with Crippen LogP contribution >= 0.6 is 15.9 Å². The number of aliphatic carboxylic acids is 1. The summed E-state index contributed by atoms with van der Waals surface area (Å²) in [5, 5.41) is 21.7. The Bertz CT molecular complexity index is 1160. The number of nitrogens with zero attached hydrogens (tertiary/aromatic N) is 2. The molecule has 0 atom stereocenters. The molecule has 0 bridgehead atoms. The summed E-state index contributed by atoms with van der Waals surface area (Å²) in [6, 6.07) is 8.23. The lowest BCUT2D eigenvalue weighted by atomic mass is 10.1. The van der Waals surface area contributed by atoms with Crippen molar-refractivity contribution in [2.24, 2.45) is 0 Å². The maximum Gasteiger partial charge on any atom is 0.341 e. The van der Waals surface area contributed by atoms with Gasteiger partial charge in [0, 0.05) is 12.1 Å². The normalized spacial score (nSPS) is 15.1. The van der Waals surface area contributed by atoms with Crippen molar-refractivity contribution in [1.82, 2.24) is 5.32 Å². The van der Waals surface area contributed by atoms with E-state index in [0.29, 0.717) is 14.9 Å². The number of carbonyl (C=O) groups is 4. The fourth-order valence-corrected chi connectivity index (χ4v) is 3.18. The topological polar surface area (TPSA) is 156 Å². The van der Waals surface area contributed by atoms with Crippen LogP contribution in [0.2, 0.25) is 0 Å². The number of carboxylic acids is 1. The van der Waals surface area contributed by atoms with Gasteiger partial charge in [-0.15, -0.1) is 0 Å². The van der Waals surface area contributed by atoms with Crippen molar-refractivity contribution in [1.29, 1.82) is 0 Å². The van der Waals surface area contributed by atoms with Crippen LogP contribution in [0.15, 0.2) is 52.5 Å².